The Morgan fingerprint density at radius 2 is 1.32 bits per heavy atom. The van der Waals surface area contributed by atoms with E-state index in [-0.39, 0.29) is 82.6 Å². The summed E-state index contributed by atoms with van der Waals surface area (Å²) in [5.41, 5.74) is 8.76. The lowest BCUT2D eigenvalue weighted by atomic mass is 9.84. The van der Waals surface area contributed by atoms with Crippen molar-refractivity contribution in [2.45, 2.75) is 213 Å². The third-order valence-corrected chi connectivity index (χ3v) is 24.0. The normalized spacial score (nSPS) is 29.0. The maximum absolute atomic E-state index is 16.7. The number of amides is 8. The van der Waals surface area contributed by atoms with E-state index in [0.717, 1.165) is 48.0 Å². The molecule has 8 amide bonds. The quantitative estimate of drug-likeness (QED) is 0.0386. The van der Waals surface area contributed by atoms with E-state index < -0.39 is 239 Å². The number of nitrogens with one attached hydrogen (secondary N) is 9. The number of aliphatic hydroxyl groups excluding tert-OH is 6. The van der Waals surface area contributed by atoms with Gasteiger partial charge >= 0.3 is 0 Å². The van der Waals surface area contributed by atoms with Gasteiger partial charge in [0.1, 0.15) is 107 Å². The number of nitrogens with two attached hydrogens (primary N) is 2. The highest BCUT2D eigenvalue weighted by Gasteiger charge is 2.53. The van der Waals surface area contributed by atoms with Crippen molar-refractivity contribution in [3.63, 3.8) is 0 Å². The maximum Gasteiger partial charge on any atom is 0.248 e. The molecule has 8 aliphatic rings. The molecule has 0 radical (unpaired) electrons. The first-order chi connectivity index (χ1) is 61.8. The number of hydrogen-bond acceptors (Lipinski definition) is 30. The number of fused-ring (bicyclic) bond motifs is 15. The minimum absolute atomic E-state index is 0.00539. The molecule has 11 bridgehead atoms. The molecule has 0 spiro atoms. The van der Waals surface area contributed by atoms with Crippen LogP contribution in [-0.2, 0) is 68.6 Å². The van der Waals surface area contributed by atoms with Crippen LogP contribution in [0.25, 0.3) is 11.1 Å². The standard InChI is InChI=1S/C91H111ClN12O26/c1-42(2)30-57(95-7)82(115)102-72-74(110)48-21-27-61(56(92)32-48)126-63-34-49-33-62(78(63)130-89-79(76(112)75(111)64(41-105)127-89)129-67-39-91(6,81(114)44(4)123-67)97-40-45-16-22-52(23-17-45)124-51-14-11-10-12-15-51)125-53-24-18-46(19-25-53)77(128-66-38-90(5,94)80(113)43(3)122-66)73-88(121)101-71(84(117)96-28-13-29-104(8)9)55-35-50(106)36-60(108)68(55)54-31-47(20-26-59(54)107)69(85(118)103-73)100-86(119)70(49)99-83(116)58(37-65(93)109)98-87(72)120/h10-12,14-27,31-36,42-44,57-58,64,66-67,69-77,79-81,89,95,97,105-108,110-114H,13,28-30,37-41,94H2,1-9H3,(H2,93,109)(H,96,117)(H,98,120)(H,99,116)(H,100,119)(H,101,121)(H,102,115)(H,103,118)/t43-,44-,57+,58-,64+,66-,67-,69+,70+,71-,72+,73-,74+,75+,76-,77+,79+,80-,81-,89-,90-,91-/m0/s1. The number of phenols is 3. The number of likely N-dealkylation sites (N-methyl/N-ethyl adjacent to an activating group) is 1. The molecule has 698 valence electrons. The van der Waals surface area contributed by atoms with Crippen LogP contribution in [0.4, 0.5) is 0 Å². The minimum Gasteiger partial charge on any atom is -0.508 e. The predicted octanol–water partition coefficient (Wildman–Crippen LogP) is 3.30. The molecule has 3 fully saturated rings. The molecular weight excluding hydrogens is 1710 g/mol. The summed E-state index contributed by atoms with van der Waals surface area (Å²) in [7, 11) is 5.10. The highest BCUT2D eigenvalue weighted by atomic mass is 35.5. The van der Waals surface area contributed by atoms with E-state index in [2.05, 4.69) is 47.9 Å². The first kappa shape index (κ1) is 96.2. The van der Waals surface area contributed by atoms with Crippen molar-refractivity contribution < 1.29 is 127 Å². The second-order valence-corrected chi connectivity index (χ2v) is 35.0. The third kappa shape index (κ3) is 22.1. The minimum atomic E-state index is -2.35. The third-order valence-electron chi connectivity index (χ3n) is 23.7. The summed E-state index contributed by atoms with van der Waals surface area (Å²) in [6.07, 6.45) is -22.0. The Labute approximate surface area is 753 Å². The van der Waals surface area contributed by atoms with Crippen molar-refractivity contribution in [3.05, 3.63) is 178 Å². The fourth-order valence-electron chi connectivity index (χ4n) is 16.7. The van der Waals surface area contributed by atoms with Gasteiger partial charge in [-0.25, -0.2) is 0 Å². The monoisotopic (exact) mass is 1820 g/mol. The largest absolute Gasteiger partial charge is 0.508 e. The van der Waals surface area contributed by atoms with Crippen molar-refractivity contribution in [1.82, 2.24) is 52.8 Å². The van der Waals surface area contributed by atoms with Gasteiger partial charge in [-0.1, -0.05) is 80.0 Å². The number of primary amides is 1. The van der Waals surface area contributed by atoms with Gasteiger partial charge in [0.25, 0.3) is 0 Å². The number of aliphatic hydroxyl groups is 6. The van der Waals surface area contributed by atoms with E-state index in [9.17, 15) is 55.5 Å². The van der Waals surface area contributed by atoms with Gasteiger partial charge < -0.3 is 153 Å². The summed E-state index contributed by atoms with van der Waals surface area (Å²) in [6, 6.07) is 19.2. The average Bonchev–Trinajstić information content (AvgIpc) is 0.742. The Kier molecular flexibility index (Phi) is 30.3. The van der Waals surface area contributed by atoms with Gasteiger partial charge in [-0.05, 0) is 186 Å². The topological polar surface area (TPSA) is 565 Å². The molecule has 38 nitrogen and oxygen atoms in total. The number of hydrogen-bond donors (Lipinski definition) is 20. The highest BCUT2D eigenvalue weighted by Crippen LogP contribution is 2.50. The van der Waals surface area contributed by atoms with Crippen LogP contribution >= 0.6 is 11.6 Å². The first-order valence-electron chi connectivity index (χ1n) is 42.6. The first-order valence-corrected chi connectivity index (χ1v) is 43.0. The summed E-state index contributed by atoms with van der Waals surface area (Å²) in [5, 5.41) is 131. The van der Waals surface area contributed by atoms with Gasteiger partial charge in [-0.15, -0.1) is 0 Å². The molecule has 39 heteroatoms. The molecule has 0 aliphatic carbocycles. The van der Waals surface area contributed by atoms with Crippen molar-refractivity contribution in [1.29, 1.82) is 0 Å². The van der Waals surface area contributed by atoms with E-state index in [1.54, 1.807) is 26.0 Å². The van der Waals surface area contributed by atoms with Crippen LogP contribution in [0.1, 0.15) is 137 Å². The average molecular weight is 1820 g/mol. The molecule has 0 saturated carbocycles. The second kappa shape index (κ2) is 40.9. The molecule has 22 atom stereocenters. The number of carbonyl (C=O) groups excluding carboxylic acids is 8. The second-order valence-electron chi connectivity index (χ2n) is 34.6. The van der Waals surface area contributed by atoms with E-state index in [1.165, 1.54) is 63.4 Å². The number of carbonyl (C=O) groups is 8. The Balaban J connectivity index is 1.01. The number of phenolic OH excluding ortho intramolecular Hbond substituents is 3. The van der Waals surface area contributed by atoms with E-state index >= 15 is 28.8 Å². The Bertz CT molecular complexity index is 5280. The lowest BCUT2D eigenvalue weighted by Crippen LogP contribution is -2.65. The van der Waals surface area contributed by atoms with E-state index in [0.29, 0.717) is 24.5 Å². The van der Waals surface area contributed by atoms with Gasteiger partial charge in [-0.3, -0.25) is 38.4 Å². The van der Waals surface area contributed by atoms with Crippen LogP contribution in [0.15, 0.2) is 140 Å². The maximum atomic E-state index is 16.7. The summed E-state index contributed by atoms with van der Waals surface area (Å²) < 4.78 is 59.4. The number of rotatable bonds is 24. The lowest BCUT2D eigenvalue weighted by Gasteiger charge is -2.48. The Morgan fingerprint density at radius 3 is 1.98 bits per heavy atom. The van der Waals surface area contributed by atoms with Crippen LogP contribution in [-0.4, -0.2) is 242 Å². The molecule has 8 heterocycles. The van der Waals surface area contributed by atoms with Gasteiger partial charge in [0.2, 0.25) is 59.3 Å². The van der Waals surface area contributed by atoms with Crippen LogP contribution < -0.4 is 78.3 Å². The van der Waals surface area contributed by atoms with Crippen molar-refractivity contribution in [2.24, 2.45) is 17.4 Å². The number of halogens is 1. The van der Waals surface area contributed by atoms with Crippen LogP contribution in [0.3, 0.4) is 0 Å². The number of aromatic hydroxyl groups is 3. The number of benzene rings is 7. The number of para-hydroxylation sites is 1. The Morgan fingerprint density at radius 1 is 0.669 bits per heavy atom. The molecule has 3 saturated heterocycles. The number of nitrogens with zero attached hydrogens (tertiary/aromatic N) is 1. The molecule has 8 aliphatic heterocycles. The van der Waals surface area contributed by atoms with E-state index in [1.807, 2.05) is 75.3 Å². The lowest BCUT2D eigenvalue weighted by molar-refractivity contribution is -0.334. The van der Waals surface area contributed by atoms with Gasteiger partial charge in [0, 0.05) is 54.2 Å². The molecule has 22 N–H and O–H groups in total. The van der Waals surface area contributed by atoms with Crippen molar-refractivity contribution >= 4 is 58.9 Å². The Hall–Kier alpha value is -11.4. The molecule has 7 aromatic rings. The van der Waals surface area contributed by atoms with Crippen molar-refractivity contribution in [2.75, 3.05) is 40.8 Å². The number of ether oxygens (including phenoxy) is 9. The zero-order valence-corrected chi connectivity index (χ0v) is 73.5. The zero-order valence-electron chi connectivity index (χ0n) is 72.7. The fraction of sp³-hybridized carbons (Fsp3) is 0.451. The predicted molar refractivity (Wildman–Crippen MR) is 465 cm³/mol. The molecule has 7 aromatic carbocycles. The zero-order chi connectivity index (χ0) is 93.6. The van der Waals surface area contributed by atoms with Gasteiger partial charge in [0.05, 0.1) is 48.5 Å². The summed E-state index contributed by atoms with van der Waals surface area (Å²) in [5.74, 6) is -12.9. The molecule has 0 unspecified atom stereocenters. The van der Waals surface area contributed by atoms with Gasteiger partial charge in [-0.2, -0.15) is 0 Å². The smallest absolute Gasteiger partial charge is 0.248 e. The molecular formula is C91H111ClN12O26. The van der Waals surface area contributed by atoms with Crippen LogP contribution in [0, 0.1) is 5.92 Å². The summed E-state index contributed by atoms with van der Waals surface area (Å²) >= 11 is 7.26. The molecule has 15 rings (SSSR count). The molecule has 130 heavy (non-hydrogen) atoms. The molecule has 0 aromatic heterocycles. The fourth-order valence-corrected chi connectivity index (χ4v) is 16.9. The van der Waals surface area contributed by atoms with E-state index in [4.69, 9.17) is 65.7 Å². The van der Waals surface area contributed by atoms with Crippen LogP contribution in [0.2, 0.25) is 5.02 Å². The van der Waals surface area contributed by atoms with Crippen LogP contribution in [0.5, 0.6) is 57.5 Å². The van der Waals surface area contributed by atoms with Gasteiger partial charge in [0.15, 0.2) is 30.2 Å². The summed E-state index contributed by atoms with van der Waals surface area (Å²) in [4.78, 5) is 125. The highest BCUT2D eigenvalue weighted by molar-refractivity contribution is 6.32. The SMILES string of the molecule is CN[C@H](CC(C)C)C(=O)N[C@H]1C(=O)N[C@@H](CC(N)=O)C(=O)N[C@H]2C(=O)N[C@H]3C(=O)N[C@H](C(=O)N[C@H](C(=O)NCCCN(C)C)c4cc(O)cc(O)c4-c4cc3ccc4O)[C@H](O[C@H]3C[C@](C)(N)[C@@H](O)[C@H](C)O3)c3ccc(cc3)Oc3cc2cc(c3O[C@@H]2O[C@H](CO)[C@@H](O)[C@H](O)[C@H]2O[C@H]2C[C@](C)(NCc3ccc(Oc4ccccc4)cc3)[C@@H](O)[C@H](C)O2)Oc2ccc(cc2Cl)[C@H]1O. The summed E-state index contributed by atoms with van der Waals surface area (Å²) in [6.45, 7) is 9.69. The van der Waals surface area contributed by atoms with Crippen molar-refractivity contribution in [3.8, 4) is 68.6 Å².